The van der Waals surface area contributed by atoms with Gasteiger partial charge in [-0.25, -0.2) is 0 Å². The molecule has 0 aromatic heterocycles. The number of rotatable bonds is 3. The molecular weight excluding hydrogens is 332 g/mol. The van der Waals surface area contributed by atoms with Crippen molar-refractivity contribution in [3.63, 3.8) is 0 Å². The van der Waals surface area contributed by atoms with Gasteiger partial charge >= 0.3 is 0 Å². The lowest BCUT2D eigenvalue weighted by molar-refractivity contribution is 0.836. The van der Waals surface area contributed by atoms with Crippen molar-refractivity contribution >= 4 is 92.8 Å². The van der Waals surface area contributed by atoms with Crippen LogP contribution < -0.4 is 0 Å². The summed E-state index contributed by atoms with van der Waals surface area (Å²) in [6.45, 7) is 0. The van der Waals surface area contributed by atoms with Crippen LogP contribution >= 0.6 is 92.8 Å². The average molecular weight is 332 g/mol. The summed E-state index contributed by atoms with van der Waals surface area (Å²) in [5.41, 5.74) is 0. The van der Waals surface area contributed by atoms with Crippen LogP contribution in [0.4, 0.5) is 0 Å². The van der Waals surface area contributed by atoms with Crippen LogP contribution in [0.5, 0.6) is 0 Å². The molecule has 0 aliphatic heterocycles. The van der Waals surface area contributed by atoms with Gasteiger partial charge in [0.2, 0.25) is 0 Å². The maximum atomic E-state index is 5.57. The monoisotopic (exact) mass is 328 g/mol. The average Bonchev–Trinajstić information content (AvgIpc) is 1.86. The smallest absolute Gasteiger partial charge is 0.0946 e. The van der Waals surface area contributed by atoms with E-state index in [2.05, 4.69) is 0 Å². The molecule has 0 bridgehead atoms. The second-order valence-corrected chi connectivity index (χ2v) is 6.22. The number of hydrogen-bond donors (Lipinski definition) is 0. The van der Waals surface area contributed by atoms with E-state index in [0.717, 1.165) is 0 Å². The van der Waals surface area contributed by atoms with E-state index in [1.165, 1.54) is 0 Å². The molecule has 8 heteroatoms. The Morgan fingerprint density at radius 1 is 0.583 bits per heavy atom. The number of halogens is 8. The molecule has 0 atom stereocenters. The van der Waals surface area contributed by atoms with Gasteiger partial charge in [0.1, 0.15) is 0 Å². The third-order valence-corrected chi connectivity index (χ3v) is 5.05. The van der Waals surface area contributed by atoms with Crippen LogP contribution in [-0.4, -0.2) is 8.67 Å². The minimum atomic E-state index is -1.96. The van der Waals surface area contributed by atoms with Crippen LogP contribution in [0.3, 0.4) is 0 Å². The molecular formula is C4Cl8. The molecule has 72 valence electrons. The molecule has 0 aromatic carbocycles. The molecule has 0 rings (SSSR count). The largest absolute Gasteiger partial charge is 0.189 e. The van der Waals surface area contributed by atoms with Gasteiger partial charge in [-0.1, -0.05) is 92.8 Å². The fourth-order valence-corrected chi connectivity index (χ4v) is 1.57. The van der Waals surface area contributed by atoms with E-state index in [1.54, 1.807) is 0 Å². The molecule has 0 nitrogen and oxygen atoms in total. The van der Waals surface area contributed by atoms with Crippen LogP contribution in [-0.2, 0) is 0 Å². The zero-order valence-electron chi connectivity index (χ0n) is 5.02. The van der Waals surface area contributed by atoms with Crippen LogP contribution in [0.1, 0.15) is 0 Å². The third kappa shape index (κ3) is 2.90. The summed E-state index contributed by atoms with van der Waals surface area (Å²) < 4.78 is -3.92. The molecule has 2 radical (unpaired) electrons. The third-order valence-electron chi connectivity index (χ3n) is 0.869. The highest BCUT2D eigenvalue weighted by atomic mass is 35.6. The van der Waals surface area contributed by atoms with Crippen LogP contribution in [0.15, 0.2) is 0 Å². The number of hydrogen-bond acceptors (Lipinski definition) is 0. The standard InChI is InChI=1S/C4Cl8/c5-1(6)3(9,10)4(11,12)2(7)8. The highest BCUT2D eigenvalue weighted by Crippen LogP contribution is 2.57. The molecule has 0 fully saturated rings. The quantitative estimate of drug-likeness (QED) is 0.618. The second-order valence-electron chi connectivity index (χ2n) is 1.67. The van der Waals surface area contributed by atoms with E-state index in [0.29, 0.717) is 0 Å². The maximum absolute atomic E-state index is 5.57. The van der Waals surface area contributed by atoms with Gasteiger partial charge in [0.15, 0.2) is 18.3 Å². The van der Waals surface area contributed by atoms with Crippen molar-refractivity contribution < 1.29 is 0 Å². The van der Waals surface area contributed by atoms with Crippen molar-refractivity contribution in [2.45, 2.75) is 8.67 Å². The van der Waals surface area contributed by atoms with Gasteiger partial charge < -0.3 is 0 Å². The van der Waals surface area contributed by atoms with E-state index in [-0.39, 0.29) is 0 Å². The summed E-state index contributed by atoms with van der Waals surface area (Å²) >= 11 is 43.5. The highest BCUT2D eigenvalue weighted by Gasteiger charge is 2.57. The summed E-state index contributed by atoms with van der Waals surface area (Å²) in [6.07, 6.45) is 0. The predicted octanol–water partition coefficient (Wildman–Crippen LogP) is 5.27. The Morgan fingerprint density at radius 3 is 0.833 bits per heavy atom. The van der Waals surface area contributed by atoms with Crippen LogP contribution in [0, 0.1) is 9.67 Å². The summed E-state index contributed by atoms with van der Waals surface area (Å²) in [5, 5.41) is 0. The number of alkyl halides is 4. The minimum Gasteiger partial charge on any atom is -0.0946 e. The first-order valence-corrected chi connectivity index (χ1v) is 5.29. The van der Waals surface area contributed by atoms with Crippen molar-refractivity contribution in [1.29, 1.82) is 0 Å². The Labute approximate surface area is 110 Å². The highest BCUT2D eigenvalue weighted by molar-refractivity contribution is 6.76. The van der Waals surface area contributed by atoms with Gasteiger partial charge in [-0.3, -0.25) is 0 Å². The fraction of sp³-hybridized carbons (Fsp3) is 0.500. The van der Waals surface area contributed by atoms with Crippen molar-refractivity contribution in [1.82, 2.24) is 0 Å². The van der Waals surface area contributed by atoms with Gasteiger partial charge in [-0.15, -0.1) is 0 Å². The SMILES string of the molecule is Cl[C](Cl)C(Cl)(Cl)C(Cl)(Cl)[C](Cl)Cl. The van der Waals surface area contributed by atoms with E-state index < -0.39 is 18.3 Å². The Balaban J connectivity index is 4.75. The molecule has 0 N–H and O–H groups in total. The fourth-order valence-electron chi connectivity index (χ4n) is 0.237. The first-order chi connectivity index (χ1) is 5.14. The summed E-state index contributed by atoms with van der Waals surface area (Å²) in [5.74, 6) is 0. The first kappa shape index (κ1) is 14.3. The first-order valence-electron chi connectivity index (χ1n) is 2.26. The van der Waals surface area contributed by atoms with Crippen molar-refractivity contribution in [3.05, 3.63) is 9.67 Å². The zero-order chi connectivity index (χ0) is 10.2. The lowest BCUT2D eigenvalue weighted by Crippen LogP contribution is -2.40. The van der Waals surface area contributed by atoms with E-state index in [1.807, 2.05) is 0 Å². The normalized spacial score (nSPS) is 14.5. The summed E-state index contributed by atoms with van der Waals surface area (Å²) in [7, 11) is 0. The van der Waals surface area contributed by atoms with Gasteiger partial charge in [0.25, 0.3) is 0 Å². The molecule has 0 aromatic rings. The molecule has 0 amide bonds. The predicted molar refractivity (Wildman–Crippen MR) is 58.8 cm³/mol. The van der Waals surface area contributed by atoms with Crippen molar-refractivity contribution in [2.75, 3.05) is 0 Å². The van der Waals surface area contributed by atoms with E-state index >= 15 is 0 Å². The summed E-state index contributed by atoms with van der Waals surface area (Å²) in [6, 6.07) is 0. The molecule has 0 saturated heterocycles. The van der Waals surface area contributed by atoms with Gasteiger partial charge in [0.05, 0.1) is 0 Å². The van der Waals surface area contributed by atoms with E-state index in [9.17, 15) is 0 Å². The van der Waals surface area contributed by atoms with Gasteiger partial charge in [0, 0.05) is 0 Å². The second kappa shape index (κ2) is 4.90. The Kier molecular flexibility index (Phi) is 5.84. The lowest BCUT2D eigenvalue weighted by atomic mass is 10.3. The molecule has 0 saturated carbocycles. The molecule has 0 aliphatic rings. The Bertz CT molecular complexity index is 131. The topological polar surface area (TPSA) is 0 Å². The molecule has 0 aliphatic carbocycles. The van der Waals surface area contributed by atoms with Gasteiger partial charge in [-0.2, -0.15) is 0 Å². The Hall–Kier alpha value is 2.32. The van der Waals surface area contributed by atoms with Crippen molar-refractivity contribution in [3.8, 4) is 0 Å². The van der Waals surface area contributed by atoms with Gasteiger partial charge in [-0.05, 0) is 0 Å². The molecule has 12 heavy (non-hydrogen) atoms. The maximum Gasteiger partial charge on any atom is 0.189 e. The van der Waals surface area contributed by atoms with Crippen LogP contribution in [0.25, 0.3) is 0 Å². The summed E-state index contributed by atoms with van der Waals surface area (Å²) in [4.78, 5) is -0.899. The zero-order valence-corrected chi connectivity index (χ0v) is 11.1. The van der Waals surface area contributed by atoms with E-state index in [4.69, 9.17) is 92.8 Å². The minimum absolute atomic E-state index is 0.449. The lowest BCUT2D eigenvalue weighted by Gasteiger charge is -2.32. The molecule has 0 spiro atoms. The molecule has 0 unspecified atom stereocenters. The molecule has 0 heterocycles. The van der Waals surface area contributed by atoms with Crippen LogP contribution in [0.2, 0.25) is 0 Å². The Morgan fingerprint density at radius 2 is 0.750 bits per heavy atom. The van der Waals surface area contributed by atoms with Crippen molar-refractivity contribution in [2.24, 2.45) is 0 Å².